The molecule has 0 aromatic heterocycles. The van der Waals surface area contributed by atoms with Gasteiger partial charge in [0.25, 0.3) is 0 Å². The molecular formula is C16H17ClFNO. The smallest absolute Gasteiger partial charge is 0.158 e. The average molecular weight is 294 g/mol. The van der Waals surface area contributed by atoms with Crippen molar-refractivity contribution in [3.8, 4) is 6.07 Å². The summed E-state index contributed by atoms with van der Waals surface area (Å²) in [5.41, 5.74) is -1.32. The van der Waals surface area contributed by atoms with Crippen LogP contribution in [0.2, 0.25) is 5.02 Å². The number of Topliss-reactive ketones (excluding diaryl/α,β-unsaturated/α-hetero) is 1. The van der Waals surface area contributed by atoms with E-state index in [9.17, 15) is 14.4 Å². The lowest BCUT2D eigenvalue weighted by atomic mass is 9.61. The fraction of sp³-hybridized carbons (Fsp3) is 0.500. The van der Waals surface area contributed by atoms with Gasteiger partial charge in [0.05, 0.1) is 11.1 Å². The number of hydrogen-bond acceptors (Lipinski definition) is 2. The lowest BCUT2D eigenvalue weighted by Gasteiger charge is -2.39. The molecule has 1 saturated carbocycles. The van der Waals surface area contributed by atoms with Crippen LogP contribution in [0.4, 0.5) is 4.39 Å². The topological polar surface area (TPSA) is 40.9 Å². The Kier molecular flexibility index (Phi) is 3.88. The first kappa shape index (κ1) is 15.0. The van der Waals surface area contributed by atoms with Crippen LogP contribution in [0.5, 0.6) is 0 Å². The number of ketones is 1. The van der Waals surface area contributed by atoms with Gasteiger partial charge in [-0.15, -0.1) is 0 Å². The van der Waals surface area contributed by atoms with Crippen LogP contribution in [0.25, 0.3) is 0 Å². The molecule has 106 valence electrons. The Balaban J connectivity index is 2.40. The molecular weight excluding hydrogens is 277 g/mol. The van der Waals surface area contributed by atoms with Gasteiger partial charge in [-0.1, -0.05) is 44.0 Å². The monoisotopic (exact) mass is 293 g/mol. The molecule has 1 unspecified atom stereocenters. The van der Waals surface area contributed by atoms with E-state index >= 15 is 0 Å². The molecule has 0 amide bonds. The van der Waals surface area contributed by atoms with Gasteiger partial charge >= 0.3 is 0 Å². The van der Waals surface area contributed by atoms with Crippen LogP contribution in [0.1, 0.15) is 38.7 Å². The molecule has 4 heteroatoms. The lowest BCUT2D eigenvalue weighted by molar-refractivity contribution is -0.138. The number of halogens is 2. The fourth-order valence-electron chi connectivity index (χ4n) is 3.03. The third-order valence-electron chi connectivity index (χ3n) is 4.19. The molecule has 1 aromatic carbocycles. The lowest BCUT2D eigenvalue weighted by Crippen LogP contribution is -2.45. The largest absolute Gasteiger partial charge is 0.297 e. The van der Waals surface area contributed by atoms with E-state index in [-0.39, 0.29) is 17.2 Å². The summed E-state index contributed by atoms with van der Waals surface area (Å²) in [4.78, 5) is 12.6. The van der Waals surface area contributed by atoms with Crippen molar-refractivity contribution in [2.75, 3.05) is 0 Å². The van der Waals surface area contributed by atoms with E-state index in [2.05, 4.69) is 6.07 Å². The minimum absolute atomic E-state index is 0.0260. The first-order valence-electron chi connectivity index (χ1n) is 6.71. The molecule has 2 nitrogen and oxygen atoms in total. The summed E-state index contributed by atoms with van der Waals surface area (Å²) >= 11 is 5.77. The molecule has 0 N–H and O–H groups in total. The molecule has 1 aliphatic rings. The molecule has 0 spiro atoms. The summed E-state index contributed by atoms with van der Waals surface area (Å²) in [5.74, 6) is -0.613. The molecule has 0 bridgehead atoms. The Hall–Kier alpha value is -1.40. The Morgan fingerprint density at radius 2 is 2.10 bits per heavy atom. The second-order valence-electron chi connectivity index (χ2n) is 6.15. The van der Waals surface area contributed by atoms with Gasteiger partial charge in [0.2, 0.25) is 0 Å². The number of carbonyl (C=O) groups excluding carboxylic acids is 1. The SMILES string of the molecule is CC1(C)CCCC(C#N)(Cc2cccc(Cl)c2F)C1=O. The third-order valence-corrected chi connectivity index (χ3v) is 4.48. The van der Waals surface area contributed by atoms with E-state index in [0.717, 1.165) is 12.8 Å². The molecule has 1 atom stereocenters. The van der Waals surface area contributed by atoms with Crippen molar-refractivity contribution in [1.82, 2.24) is 0 Å². The molecule has 1 fully saturated rings. The van der Waals surface area contributed by atoms with Crippen molar-refractivity contribution < 1.29 is 9.18 Å². The maximum Gasteiger partial charge on any atom is 0.158 e. The standard InChI is InChI=1S/C16H17ClFNO/c1-15(2)7-4-8-16(10-19,14(15)20)9-11-5-3-6-12(17)13(11)18/h3,5-6H,4,7-9H2,1-2H3. The number of benzene rings is 1. The Morgan fingerprint density at radius 3 is 2.75 bits per heavy atom. The molecule has 0 radical (unpaired) electrons. The van der Waals surface area contributed by atoms with E-state index in [0.29, 0.717) is 12.0 Å². The normalized spacial score (nSPS) is 25.2. The van der Waals surface area contributed by atoms with Crippen LogP contribution in [0.15, 0.2) is 18.2 Å². The summed E-state index contributed by atoms with van der Waals surface area (Å²) in [6.45, 7) is 3.71. The van der Waals surface area contributed by atoms with Crippen LogP contribution in [-0.2, 0) is 11.2 Å². The first-order valence-corrected chi connectivity index (χ1v) is 7.09. The van der Waals surface area contributed by atoms with E-state index in [1.54, 1.807) is 12.1 Å². The van der Waals surface area contributed by atoms with Gasteiger partial charge in [-0.25, -0.2) is 4.39 Å². The van der Waals surface area contributed by atoms with Crippen LogP contribution in [-0.4, -0.2) is 5.78 Å². The fourth-order valence-corrected chi connectivity index (χ4v) is 3.23. The summed E-state index contributed by atoms with van der Waals surface area (Å²) in [7, 11) is 0. The second-order valence-corrected chi connectivity index (χ2v) is 6.56. The van der Waals surface area contributed by atoms with E-state index in [1.807, 2.05) is 13.8 Å². The van der Waals surface area contributed by atoms with Crippen LogP contribution < -0.4 is 0 Å². The van der Waals surface area contributed by atoms with E-state index in [1.165, 1.54) is 6.07 Å². The maximum absolute atomic E-state index is 14.0. The van der Waals surface area contributed by atoms with Crippen LogP contribution >= 0.6 is 11.6 Å². The Bertz CT molecular complexity index is 591. The summed E-state index contributed by atoms with van der Waals surface area (Å²) in [6.07, 6.45) is 2.15. The number of rotatable bonds is 2. The van der Waals surface area contributed by atoms with E-state index in [4.69, 9.17) is 11.6 Å². The quantitative estimate of drug-likeness (QED) is 0.815. The van der Waals surface area contributed by atoms with Crippen molar-refractivity contribution in [1.29, 1.82) is 5.26 Å². The van der Waals surface area contributed by atoms with Gasteiger partial charge in [-0.05, 0) is 24.5 Å². The summed E-state index contributed by atoms with van der Waals surface area (Å²) in [6, 6.07) is 6.86. The van der Waals surface area contributed by atoms with Crippen molar-refractivity contribution in [3.63, 3.8) is 0 Å². The van der Waals surface area contributed by atoms with Crippen molar-refractivity contribution in [3.05, 3.63) is 34.6 Å². The van der Waals surface area contributed by atoms with Gasteiger partial charge in [0.15, 0.2) is 5.78 Å². The molecule has 0 saturated heterocycles. The zero-order valence-electron chi connectivity index (χ0n) is 11.7. The first-order chi connectivity index (χ1) is 9.32. The molecule has 20 heavy (non-hydrogen) atoms. The zero-order valence-corrected chi connectivity index (χ0v) is 12.4. The van der Waals surface area contributed by atoms with Gasteiger partial charge in [-0.2, -0.15) is 5.26 Å². The molecule has 0 aliphatic heterocycles. The summed E-state index contributed by atoms with van der Waals surface area (Å²) < 4.78 is 14.0. The predicted octanol–water partition coefficient (Wildman–Crippen LogP) is 4.31. The van der Waals surface area contributed by atoms with Crippen molar-refractivity contribution >= 4 is 17.4 Å². The number of nitrogens with zero attached hydrogens (tertiary/aromatic N) is 1. The predicted molar refractivity (Wildman–Crippen MR) is 75.8 cm³/mol. The Morgan fingerprint density at radius 1 is 1.40 bits per heavy atom. The summed E-state index contributed by atoms with van der Waals surface area (Å²) in [5, 5.41) is 9.57. The van der Waals surface area contributed by atoms with Crippen molar-refractivity contribution in [2.45, 2.75) is 39.5 Å². The van der Waals surface area contributed by atoms with Crippen molar-refractivity contribution in [2.24, 2.45) is 10.8 Å². The molecule has 1 aliphatic carbocycles. The molecule has 2 rings (SSSR count). The van der Waals surface area contributed by atoms with E-state index < -0.39 is 16.6 Å². The maximum atomic E-state index is 14.0. The molecule has 1 aromatic rings. The second kappa shape index (κ2) is 5.18. The zero-order chi connectivity index (χ0) is 15.0. The third kappa shape index (κ3) is 2.45. The van der Waals surface area contributed by atoms with Gasteiger partial charge in [0, 0.05) is 11.8 Å². The highest BCUT2D eigenvalue weighted by Gasteiger charge is 2.49. The number of carbonyl (C=O) groups is 1. The number of hydrogen-bond donors (Lipinski definition) is 0. The minimum atomic E-state index is -1.13. The van der Waals surface area contributed by atoms with Crippen LogP contribution in [0, 0.1) is 28.0 Å². The average Bonchev–Trinajstić information content (AvgIpc) is 2.40. The minimum Gasteiger partial charge on any atom is -0.297 e. The van der Waals surface area contributed by atoms with Gasteiger partial charge in [0.1, 0.15) is 11.2 Å². The highest BCUT2D eigenvalue weighted by molar-refractivity contribution is 6.30. The van der Waals surface area contributed by atoms with Crippen LogP contribution in [0.3, 0.4) is 0 Å². The molecule has 0 heterocycles. The van der Waals surface area contributed by atoms with Gasteiger partial charge < -0.3 is 0 Å². The highest BCUT2D eigenvalue weighted by atomic mass is 35.5. The van der Waals surface area contributed by atoms with Gasteiger partial charge in [-0.3, -0.25) is 4.79 Å². The number of nitriles is 1. The Labute approximate surface area is 123 Å². The highest BCUT2D eigenvalue weighted by Crippen LogP contribution is 2.45.